The van der Waals surface area contributed by atoms with Crippen LogP contribution < -0.4 is 5.32 Å². The molecule has 1 atom stereocenters. The zero-order valence-corrected chi connectivity index (χ0v) is 10.8. The van der Waals surface area contributed by atoms with Crippen LogP contribution in [0.5, 0.6) is 5.75 Å². The largest absolute Gasteiger partial charge is 0.506 e. The predicted octanol–water partition coefficient (Wildman–Crippen LogP) is 1.05. The molecule has 4 nitrogen and oxygen atoms in total. The average Bonchev–Trinajstić information content (AvgIpc) is 2.71. The number of aliphatic hydroxyl groups is 1. The lowest BCUT2D eigenvalue weighted by atomic mass is 10.0. The van der Waals surface area contributed by atoms with Gasteiger partial charge in [0.05, 0.1) is 11.3 Å². The third-order valence-electron chi connectivity index (χ3n) is 2.92. The third kappa shape index (κ3) is 3.34. The van der Waals surface area contributed by atoms with Gasteiger partial charge in [0, 0.05) is 24.5 Å². The molecule has 1 aliphatic heterocycles. The molecular formula is C12H18N2O2S. The summed E-state index contributed by atoms with van der Waals surface area (Å²) in [7, 11) is 0. The van der Waals surface area contributed by atoms with Gasteiger partial charge in [0.2, 0.25) is 0 Å². The molecule has 0 aliphatic carbocycles. The second kappa shape index (κ2) is 5.25. The van der Waals surface area contributed by atoms with Crippen LogP contribution in [0.15, 0.2) is 12.1 Å². The first kappa shape index (κ1) is 12.7. The molecule has 2 heterocycles. The van der Waals surface area contributed by atoms with E-state index in [1.807, 2.05) is 6.92 Å². The lowest BCUT2D eigenvalue weighted by molar-refractivity contribution is 0.0673. The third-order valence-corrected chi connectivity index (χ3v) is 4.15. The monoisotopic (exact) mass is 254 g/mol. The number of nitrogens with zero attached hydrogens (tertiary/aromatic N) is 1. The van der Waals surface area contributed by atoms with Crippen LogP contribution in [-0.4, -0.2) is 38.8 Å². The Morgan fingerprint density at radius 1 is 1.53 bits per heavy atom. The lowest BCUT2D eigenvalue weighted by Crippen LogP contribution is -2.40. The smallest absolute Gasteiger partial charge is 0.138 e. The Labute approximate surface area is 105 Å². The predicted molar refractivity (Wildman–Crippen MR) is 69.2 cm³/mol. The number of aryl methyl sites for hydroxylation is 1. The van der Waals surface area contributed by atoms with Crippen molar-refractivity contribution in [1.82, 2.24) is 10.3 Å². The van der Waals surface area contributed by atoms with Crippen LogP contribution in [0.1, 0.15) is 17.8 Å². The molecule has 0 aromatic carbocycles. The minimum absolute atomic E-state index is 0.205. The van der Waals surface area contributed by atoms with Gasteiger partial charge in [0.1, 0.15) is 5.75 Å². The number of thioether (sulfide) groups is 1. The number of aromatic hydroxyl groups is 1. The van der Waals surface area contributed by atoms with E-state index in [0.29, 0.717) is 18.8 Å². The Balaban J connectivity index is 1.87. The van der Waals surface area contributed by atoms with Crippen LogP contribution in [-0.2, 0) is 6.54 Å². The van der Waals surface area contributed by atoms with Crippen molar-refractivity contribution in [3.05, 3.63) is 23.5 Å². The van der Waals surface area contributed by atoms with Crippen molar-refractivity contribution in [2.24, 2.45) is 0 Å². The van der Waals surface area contributed by atoms with Gasteiger partial charge in [-0.3, -0.25) is 4.98 Å². The topological polar surface area (TPSA) is 65.4 Å². The van der Waals surface area contributed by atoms with Crippen molar-refractivity contribution < 1.29 is 10.2 Å². The molecule has 1 aromatic heterocycles. The summed E-state index contributed by atoms with van der Waals surface area (Å²) in [6.07, 6.45) is 0.831. The molecule has 0 bridgehead atoms. The van der Waals surface area contributed by atoms with E-state index in [4.69, 9.17) is 0 Å². The minimum Gasteiger partial charge on any atom is -0.506 e. The van der Waals surface area contributed by atoms with E-state index in [0.717, 1.165) is 23.6 Å². The summed E-state index contributed by atoms with van der Waals surface area (Å²) in [5.41, 5.74) is 0.929. The molecule has 17 heavy (non-hydrogen) atoms. The highest BCUT2D eigenvalue weighted by Crippen LogP contribution is 2.27. The molecular weight excluding hydrogens is 236 g/mol. The van der Waals surface area contributed by atoms with Gasteiger partial charge in [0.15, 0.2) is 0 Å². The first-order valence-electron chi connectivity index (χ1n) is 5.75. The zero-order chi connectivity index (χ0) is 12.3. The van der Waals surface area contributed by atoms with Gasteiger partial charge in [-0.1, -0.05) is 0 Å². The SMILES string of the molecule is Cc1ccc(O)c(CNCC2(O)CCSC2)n1. The first-order chi connectivity index (χ1) is 8.09. The molecule has 5 heteroatoms. The number of rotatable bonds is 4. The van der Waals surface area contributed by atoms with E-state index in [9.17, 15) is 10.2 Å². The van der Waals surface area contributed by atoms with Gasteiger partial charge >= 0.3 is 0 Å². The van der Waals surface area contributed by atoms with Crippen molar-refractivity contribution in [2.75, 3.05) is 18.1 Å². The second-order valence-electron chi connectivity index (χ2n) is 4.55. The maximum Gasteiger partial charge on any atom is 0.138 e. The molecule has 1 unspecified atom stereocenters. The molecule has 1 aromatic rings. The molecule has 0 amide bonds. The Morgan fingerprint density at radius 3 is 3.06 bits per heavy atom. The van der Waals surface area contributed by atoms with Gasteiger partial charge in [-0.15, -0.1) is 0 Å². The maximum absolute atomic E-state index is 10.1. The number of pyridine rings is 1. The van der Waals surface area contributed by atoms with Gasteiger partial charge in [0.25, 0.3) is 0 Å². The summed E-state index contributed by atoms with van der Waals surface area (Å²) in [6.45, 7) is 2.93. The van der Waals surface area contributed by atoms with Crippen molar-refractivity contribution in [3.63, 3.8) is 0 Å². The Bertz CT molecular complexity index is 392. The fourth-order valence-corrected chi connectivity index (χ4v) is 3.18. The quantitative estimate of drug-likeness (QED) is 0.749. The van der Waals surface area contributed by atoms with Crippen molar-refractivity contribution >= 4 is 11.8 Å². The number of hydrogen-bond donors (Lipinski definition) is 3. The minimum atomic E-state index is -0.593. The molecule has 94 valence electrons. The van der Waals surface area contributed by atoms with Gasteiger partial charge < -0.3 is 15.5 Å². The highest BCUT2D eigenvalue weighted by atomic mass is 32.2. The van der Waals surface area contributed by atoms with Crippen LogP contribution in [0.2, 0.25) is 0 Å². The van der Waals surface area contributed by atoms with Crippen LogP contribution in [0.3, 0.4) is 0 Å². The summed E-state index contributed by atoms with van der Waals surface area (Å²) >= 11 is 1.78. The van der Waals surface area contributed by atoms with Crippen molar-refractivity contribution in [2.45, 2.75) is 25.5 Å². The van der Waals surface area contributed by atoms with Crippen molar-refractivity contribution in [3.8, 4) is 5.75 Å². The fourth-order valence-electron chi connectivity index (χ4n) is 1.88. The van der Waals surface area contributed by atoms with Gasteiger partial charge in [-0.05, 0) is 31.2 Å². The summed E-state index contributed by atoms with van der Waals surface area (Å²) in [5, 5.41) is 22.9. The van der Waals surface area contributed by atoms with E-state index in [-0.39, 0.29) is 5.75 Å². The zero-order valence-electron chi connectivity index (χ0n) is 9.94. The van der Waals surface area contributed by atoms with E-state index in [2.05, 4.69) is 10.3 Å². The van der Waals surface area contributed by atoms with E-state index < -0.39 is 5.60 Å². The van der Waals surface area contributed by atoms with Gasteiger partial charge in [-0.25, -0.2) is 0 Å². The van der Waals surface area contributed by atoms with Crippen LogP contribution >= 0.6 is 11.8 Å². The Hall–Kier alpha value is -0.780. The molecule has 0 spiro atoms. The highest BCUT2D eigenvalue weighted by molar-refractivity contribution is 7.99. The van der Waals surface area contributed by atoms with E-state index >= 15 is 0 Å². The Morgan fingerprint density at radius 2 is 2.35 bits per heavy atom. The number of nitrogens with one attached hydrogen (secondary N) is 1. The summed E-state index contributed by atoms with van der Waals surface area (Å²) in [5.74, 6) is 2.01. The van der Waals surface area contributed by atoms with Gasteiger partial charge in [-0.2, -0.15) is 11.8 Å². The van der Waals surface area contributed by atoms with Crippen LogP contribution in [0.4, 0.5) is 0 Å². The van der Waals surface area contributed by atoms with E-state index in [1.54, 1.807) is 23.9 Å². The second-order valence-corrected chi connectivity index (χ2v) is 5.65. The normalized spacial score (nSPS) is 24.1. The fraction of sp³-hybridized carbons (Fsp3) is 0.583. The molecule has 0 saturated carbocycles. The molecule has 1 aliphatic rings. The average molecular weight is 254 g/mol. The molecule has 2 rings (SSSR count). The standard InChI is InChI=1S/C12H18N2O2S/c1-9-2-3-11(15)10(14-9)6-13-7-12(16)4-5-17-8-12/h2-3,13,15-16H,4-8H2,1H3. The van der Waals surface area contributed by atoms with Crippen LogP contribution in [0, 0.1) is 6.92 Å². The summed E-state index contributed by atoms with van der Waals surface area (Å²) in [6, 6.07) is 3.43. The highest BCUT2D eigenvalue weighted by Gasteiger charge is 2.31. The van der Waals surface area contributed by atoms with Crippen LogP contribution in [0.25, 0.3) is 0 Å². The lowest BCUT2D eigenvalue weighted by Gasteiger charge is -2.21. The maximum atomic E-state index is 10.1. The molecule has 1 fully saturated rings. The number of hydrogen-bond acceptors (Lipinski definition) is 5. The molecule has 0 radical (unpaired) electrons. The Kier molecular flexibility index (Phi) is 3.91. The van der Waals surface area contributed by atoms with E-state index in [1.165, 1.54) is 0 Å². The van der Waals surface area contributed by atoms with Crippen molar-refractivity contribution in [1.29, 1.82) is 0 Å². The summed E-state index contributed by atoms with van der Waals surface area (Å²) < 4.78 is 0. The molecule has 3 N–H and O–H groups in total. The first-order valence-corrected chi connectivity index (χ1v) is 6.91. The summed E-state index contributed by atoms with van der Waals surface area (Å²) in [4.78, 5) is 4.26. The number of aromatic nitrogens is 1. The molecule has 1 saturated heterocycles.